The van der Waals surface area contributed by atoms with Crippen LogP contribution in [0.5, 0.6) is 0 Å². The maximum Gasteiger partial charge on any atom is 0.312 e. The molecule has 250 valence electrons. The Bertz CT molecular complexity index is 1540. The van der Waals surface area contributed by atoms with E-state index >= 15 is 0 Å². The molecule has 7 rings (SSSR count). The van der Waals surface area contributed by atoms with Gasteiger partial charge in [-0.3, -0.25) is 4.79 Å². The normalized spacial score (nSPS) is 42.7. The van der Waals surface area contributed by atoms with E-state index in [4.69, 9.17) is 4.74 Å². The van der Waals surface area contributed by atoms with Crippen molar-refractivity contribution in [3.05, 3.63) is 51.9 Å². The van der Waals surface area contributed by atoms with Crippen molar-refractivity contribution < 1.29 is 14.6 Å². The molecule has 0 unspecified atom stereocenters. The van der Waals surface area contributed by atoms with Gasteiger partial charge in [-0.25, -0.2) is 4.68 Å². The van der Waals surface area contributed by atoms with Crippen LogP contribution in [-0.2, 0) is 16.1 Å². The fourth-order valence-corrected chi connectivity index (χ4v) is 13.5. The summed E-state index contributed by atoms with van der Waals surface area (Å²) < 4.78 is 9.10. The van der Waals surface area contributed by atoms with E-state index in [-0.39, 0.29) is 46.3 Å². The molecule has 0 bridgehead atoms. The Kier molecular flexibility index (Phi) is 7.94. The third-order valence-corrected chi connectivity index (χ3v) is 16.4. The van der Waals surface area contributed by atoms with Gasteiger partial charge in [0.25, 0.3) is 0 Å². The number of rotatable bonds is 5. The number of carbonyl (C=O) groups excluding carboxylic acids is 1. The molecule has 0 aliphatic heterocycles. The molecule has 5 saturated carbocycles. The van der Waals surface area contributed by atoms with Crippen molar-refractivity contribution in [2.24, 2.45) is 56.7 Å². The lowest BCUT2D eigenvalue weighted by Gasteiger charge is -2.72. The minimum absolute atomic E-state index is 0.0295. The molecule has 1 heterocycles. The standard InChI is InChI=1S/C39H54IN3O3/c1-24(2)26-14-19-39(34(45)46-23-25-22-43(42-41-25)29-11-9-8-10-28(29)40)21-20-37(6)27(33(26)39)12-13-31-36(5)17-16-32(44)35(3,4)30(36)15-18-38(31,37)7/h8-11,22,26-27,30-33,44H,1,12-21,23H2,2-7H3/t26-,27+,30-,31+,32-,33+,36-,37+,38+,39-/m0/s1. The van der Waals surface area contributed by atoms with Crippen molar-refractivity contribution in [2.45, 2.75) is 118 Å². The van der Waals surface area contributed by atoms with Crippen LogP contribution in [0.2, 0.25) is 0 Å². The van der Waals surface area contributed by atoms with E-state index in [0.29, 0.717) is 29.4 Å². The number of ether oxygens (including phenoxy) is 1. The number of aliphatic hydroxyl groups is 1. The second kappa shape index (κ2) is 11.1. The van der Waals surface area contributed by atoms with Crippen LogP contribution in [0.1, 0.15) is 111 Å². The number of hydrogen-bond acceptors (Lipinski definition) is 5. The van der Waals surface area contributed by atoms with Gasteiger partial charge in [0.1, 0.15) is 12.3 Å². The van der Waals surface area contributed by atoms with Crippen molar-refractivity contribution >= 4 is 28.6 Å². The van der Waals surface area contributed by atoms with Crippen molar-refractivity contribution in [1.29, 1.82) is 0 Å². The summed E-state index contributed by atoms with van der Waals surface area (Å²) in [7, 11) is 0. The summed E-state index contributed by atoms with van der Waals surface area (Å²) >= 11 is 2.31. The highest BCUT2D eigenvalue weighted by atomic mass is 127. The molecule has 2 aromatic rings. The molecule has 10 atom stereocenters. The van der Waals surface area contributed by atoms with Crippen LogP contribution in [0.3, 0.4) is 0 Å². The second-order valence-electron chi connectivity index (χ2n) is 17.4. The Hall–Kier alpha value is -1.74. The van der Waals surface area contributed by atoms with E-state index in [1.54, 1.807) is 4.68 Å². The number of aromatic nitrogens is 3. The summed E-state index contributed by atoms with van der Waals surface area (Å²) in [6, 6.07) is 8.07. The molecule has 0 amide bonds. The van der Waals surface area contributed by atoms with Gasteiger partial charge < -0.3 is 9.84 Å². The van der Waals surface area contributed by atoms with E-state index in [2.05, 4.69) is 81.0 Å². The number of carbonyl (C=O) groups is 1. The zero-order valence-electron chi connectivity index (χ0n) is 28.8. The first-order chi connectivity index (χ1) is 21.7. The Balaban J connectivity index is 1.16. The molecule has 7 heteroatoms. The van der Waals surface area contributed by atoms with Gasteiger partial charge in [-0.1, -0.05) is 64.1 Å². The van der Waals surface area contributed by atoms with Crippen molar-refractivity contribution in [1.82, 2.24) is 15.0 Å². The Morgan fingerprint density at radius 3 is 2.48 bits per heavy atom. The van der Waals surface area contributed by atoms with Crippen molar-refractivity contribution in [3.8, 4) is 5.69 Å². The lowest BCUT2D eigenvalue weighted by Crippen LogP contribution is -2.67. The van der Waals surface area contributed by atoms with E-state index < -0.39 is 5.41 Å². The van der Waals surface area contributed by atoms with Gasteiger partial charge in [0, 0.05) is 3.57 Å². The molecule has 1 aromatic carbocycles. The molecule has 5 fully saturated rings. The SMILES string of the molecule is C=C(C)[C@@H]1CC[C@]2(C(=O)OCc3cn(-c4ccccc4I)nn3)CC[C@]3(C)[C@H](CC[C@@H]4[C@@]5(C)CC[C@H](O)C(C)(C)[C@@H]5CC[C@]43C)[C@@H]12. The lowest BCUT2D eigenvalue weighted by atomic mass is 9.32. The molecule has 0 saturated heterocycles. The van der Waals surface area contributed by atoms with Gasteiger partial charge in [0.2, 0.25) is 0 Å². The molecule has 5 aliphatic rings. The fourth-order valence-electron chi connectivity index (χ4n) is 12.9. The summed E-state index contributed by atoms with van der Waals surface area (Å²) in [5.41, 5.74) is 3.00. The van der Waals surface area contributed by atoms with Crippen LogP contribution >= 0.6 is 22.6 Å². The largest absolute Gasteiger partial charge is 0.459 e. The van der Waals surface area contributed by atoms with Crippen LogP contribution in [0.4, 0.5) is 0 Å². The molecule has 46 heavy (non-hydrogen) atoms. The molecule has 6 nitrogen and oxygen atoms in total. The maximum absolute atomic E-state index is 14.4. The maximum atomic E-state index is 14.4. The van der Waals surface area contributed by atoms with E-state index in [1.165, 1.54) is 31.3 Å². The van der Waals surface area contributed by atoms with E-state index in [9.17, 15) is 9.90 Å². The van der Waals surface area contributed by atoms with E-state index in [1.807, 2.05) is 30.5 Å². The average Bonchev–Trinajstić information content (AvgIpc) is 3.65. The molecule has 1 N–H and O–H groups in total. The minimum atomic E-state index is -0.458. The molecule has 0 radical (unpaired) electrons. The van der Waals surface area contributed by atoms with Crippen LogP contribution < -0.4 is 0 Å². The minimum Gasteiger partial charge on any atom is -0.459 e. The number of esters is 1. The monoisotopic (exact) mass is 739 g/mol. The average molecular weight is 740 g/mol. The summed E-state index contributed by atoms with van der Waals surface area (Å²) in [6.45, 7) is 19.3. The van der Waals surface area contributed by atoms with Crippen LogP contribution in [0.15, 0.2) is 42.6 Å². The summed E-state index contributed by atoms with van der Waals surface area (Å²) in [4.78, 5) is 14.4. The van der Waals surface area contributed by atoms with Gasteiger partial charge in [-0.15, -0.1) is 5.10 Å². The second-order valence-corrected chi connectivity index (χ2v) is 18.6. The van der Waals surface area contributed by atoms with Gasteiger partial charge in [-0.2, -0.15) is 0 Å². The molecular formula is C39H54IN3O3. The number of hydrogen-bond donors (Lipinski definition) is 1. The zero-order chi connectivity index (χ0) is 32.9. The number of fused-ring (bicyclic) bond motifs is 7. The molecular weight excluding hydrogens is 685 g/mol. The van der Waals surface area contributed by atoms with Crippen LogP contribution in [-0.4, -0.2) is 32.2 Å². The third kappa shape index (κ3) is 4.51. The number of allylic oxidation sites excluding steroid dienone is 1. The van der Waals surface area contributed by atoms with Gasteiger partial charge in [-0.05, 0) is 157 Å². The predicted molar refractivity (Wildman–Crippen MR) is 189 cm³/mol. The summed E-state index contributed by atoms with van der Waals surface area (Å²) in [6.07, 6.45) is 12.4. The molecule has 5 aliphatic carbocycles. The smallest absolute Gasteiger partial charge is 0.312 e. The van der Waals surface area contributed by atoms with Crippen LogP contribution in [0.25, 0.3) is 5.69 Å². The number of nitrogens with zero attached hydrogens (tertiary/aromatic N) is 3. The number of halogens is 1. The highest BCUT2D eigenvalue weighted by molar-refractivity contribution is 14.1. The van der Waals surface area contributed by atoms with E-state index in [0.717, 1.165) is 47.8 Å². The highest BCUT2D eigenvalue weighted by Gasteiger charge is 2.72. The topological polar surface area (TPSA) is 77.2 Å². The molecule has 0 spiro atoms. The Morgan fingerprint density at radius 2 is 1.74 bits per heavy atom. The molecule has 1 aromatic heterocycles. The van der Waals surface area contributed by atoms with Gasteiger partial charge in [0.05, 0.1) is 23.4 Å². The first-order valence-corrected chi connectivity index (χ1v) is 18.9. The Labute approximate surface area is 289 Å². The van der Waals surface area contributed by atoms with Crippen LogP contribution in [0, 0.1) is 60.2 Å². The first kappa shape index (κ1) is 32.8. The van der Waals surface area contributed by atoms with Gasteiger partial charge in [0.15, 0.2) is 0 Å². The first-order valence-electron chi connectivity index (χ1n) is 17.9. The number of para-hydroxylation sites is 1. The highest BCUT2D eigenvalue weighted by Crippen LogP contribution is 2.77. The summed E-state index contributed by atoms with van der Waals surface area (Å²) in [5, 5.41) is 19.8. The van der Waals surface area contributed by atoms with Crippen molar-refractivity contribution in [2.75, 3.05) is 0 Å². The number of benzene rings is 1. The third-order valence-electron chi connectivity index (χ3n) is 15.4. The van der Waals surface area contributed by atoms with Crippen molar-refractivity contribution in [3.63, 3.8) is 0 Å². The van der Waals surface area contributed by atoms with Gasteiger partial charge >= 0.3 is 5.97 Å². The Morgan fingerprint density at radius 1 is 0.978 bits per heavy atom. The quantitative estimate of drug-likeness (QED) is 0.188. The summed E-state index contributed by atoms with van der Waals surface area (Å²) in [5.74, 6) is 2.27. The zero-order valence-corrected chi connectivity index (χ0v) is 31.0. The fraction of sp³-hybridized carbons (Fsp3) is 0.718. The lowest BCUT2D eigenvalue weighted by molar-refractivity contribution is -0.248. The predicted octanol–water partition coefficient (Wildman–Crippen LogP) is 8.93. The number of aliphatic hydroxyl groups excluding tert-OH is 1.